The Morgan fingerprint density at radius 2 is 1.10 bits per heavy atom. The van der Waals surface area contributed by atoms with Crippen molar-refractivity contribution in [3.8, 4) is 0 Å². The van der Waals surface area contributed by atoms with E-state index in [4.69, 9.17) is 4.74 Å². The summed E-state index contributed by atoms with van der Waals surface area (Å²) in [6.07, 6.45) is 20.5. The predicted octanol–water partition coefficient (Wildman–Crippen LogP) is 6.42. The number of carbonyl (C=O) groups excluding carboxylic acids is 1. The standard InChI is InChI=1S/C19H38O2/c1-3-4-5-6-7-8-9-10-11-12-13-14-15-16-17-19(2)21-18-20/h18-19H,3-17H2,1-2H3. The Morgan fingerprint density at radius 1 is 0.714 bits per heavy atom. The zero-order valence-corrected chi connectivity index (χ0v) is 14.6. The molecule has 0 saturated carbocycles. The molecule has 0 aliphatic rings. The fraction of sp³-hybridized carbons (Fsp3) is 0.947. The third kappa shape index (κ3) is 17.4. The summed E-state index contributed by atoms with van der Waals surface area (Å²) in [5.74, 6) is 0. The van der Waals surface area contributed by atoms with Crippen LogP contribution in [0.1, 0.15) is 110 Å². The molecule has 0 aromatic rings. The Kier molecular flexibility index (Phi) is 17.1. The molecule has 0 saturated heterocycles. The van der Waals surface area contributed by atoms with Crippen molar-refractivity contribution in [3.05, 3.63) is 0 Å². The Hall–Kier alpha value is -0.530. The van der Waals surface area contributed by atoms with Crippen molar-refractivity contribution in [2.24, 2.45) is 0 Å². The topological polar surface area (TPSA) is 26.3 Å². The highest BCUT2D eigenvalue weighted by Gasteiger charge is 2.00. The molecule has 0 spiro atoms. The van der Waals surface area contributed by atoms with Gasteiger partial charge in [-0.1, -0.05) is 90.4 Å². The first-order valence-electron chi connectivity index (χ1n) is 9.40. The zero-order chi connectivity index (χ0) is 15.6. The van der Waals surface area contributed by atoms with Crippen LogP contribution in [0.5, 0.6) is 0 Å². The smallest absolute Gasteiger partial charge is 0.293 e. The molecular weight excluding hydrogens is 260 g/mol. The van der Waals surface area contributed by atoms with Gasteiger partial charge >= 0.3 is 0 Å². The summed E-state index contributed by atoms with van der Waals surface area (Å²) in [6, 6.07) is 0. The summed E-state index contributed by atoms with van der Waals surface area (Å²) < 4.78 is 4.87. The second-order valence-electron chi connectivity index (χ2n) is 6.43. The van der Waals surface area contributed by atoms with Gasteiger partial charge in [0.25, 0.3) is 6.47 Å². The van der Waals surface area contributed by atoms with Gasteiger partial charge in [0.15, 0.2) is 0 Å². The Balaban J connectivity index is 3.01. The third-order valence-corrected chi connectivity index (χ3v) is 4.25. The molecule has 0 heterocycles. The second-order valence-corrected chi connectivity index (χ2v) is 6.43. The van der Waals surface area contributed by atoms with Gasteiger partial charge < -0.3 is 4.74 Å². The molecule has 0 rings (SSSR count). The summed E-state index contributed by atoms with van der Waals surface area (Å²) in [4.78, 5) is 10.1. The number of rotatable bonds is 17. The Bertz CT molecular complexity index is 204. The van der Waals surface area contributed by atoms with E-state index in [9.17, 15) is 4.79 Å². The number of carbonyl (C=O) groups is 1. The lowest BCUT2D eigenvalue weighted by molar-refractivity contribution is -0.133. The van der Waals surface area contributed by atoms with E-state index in [2.05, 4.69) is 6.92 Å². The molecule has 0 bridgehead atoms. The summed E-state index contributed by atoms with van der Waals surface area (Å²) in [7, 11) is 0. The van der Waals surface area contributed by atoms with Crippen molar-refractivity contribution >= 4 is 6.47 Å². The highest BCUT2D eigenvalue weighted by Crippen LogP contribution is 2.13. The van der Waals surface area contributed by atoms with Gasteiger partial charge in [0.05, 0.1) is 6.10 Å². The van der Waals surface area contributed by atoms with E-state index in [0.717, 1.165) is 6.42 Å². The van der Waals surface area contributed by atoms with Crippen LogP contribution in [-0.2, 0) is 9.53 Å². The molecule has 1 unspecified atom stereocenters. The van der Waals surface area contributed by atoms with Gasteiger partial charge in [0.2, 0.25) is 0 Å². The maximum atomic E-state index is 10.1. The van der Waals surface area contributed by atoms with Gasteiger partial charge in [-0.25, -0.2) is 0 Å². The van der Waals surface area contributed by atoms with E-state index in [1.807, 2.05) is 6.92 Å². The molecule has 1 atom stereocenters. The van der Waals surface area contributed by atoms with E-state index in [-0.39, 0.29) is 6.10 Å². The quantitative estimate of drug-likeness (QED) is 0.229. The molecule has 0 N–H and O–H groups in total. The van der Waals surface area contributed by atoms with E-state index in [1.165, 1.54) is 89.9 Å². The molecule has 0 aliphatic heterocycles. The second kappa shape index (κ2) is 17.5. The van der Waals surface area contributed by atoms with Crippen molar-refractivity contribution < 1.29 is 9.53 Å². The molecule has 0 amide bonds. The summed E-state index contributed by atoms with van der Waals surface area (Å²) in [5.41, 5.74) is 0. The van der Waals surface area contributed by atoms with Crippen molar-refractivity contribution in [1.82, 2.24) is 0 Å². The molecular formula is C19H38O2. The largest absolute Gasteiger partial charge is 0.465 e. The van der Waals surface area contributed by atoms with Crippen molar-refractivity contribution in [2.45, 2.75) is 116 Å². The van der Waals surface area contributed by atoms with Crippen LogP contribution in [0.15, 0.2) is 0 Å². The molecule has 0 aromatic heterocycles. The van der Waals surface area contributed by atoms with E-state index in [1.54, 1.807) is 0 Å². The number of hydrogen-bond donors (Lipinski definition) is 0. The monoisotopic (exact) mass is 298 g/mol. The van der Waals surface area contributed by atoms with E-state index in [0.29, 0.717) is 6.47 Å². The SMILES string of the molecule is CCCCCCCCCCCCCCCCC(C)OC=O. The van der Waals surface area contributed by atoms with Crippen LogP contribution in [0.2, 0.25) is 0 Å². The van der Waals surface area contributed by atoms with Crippen molar-refractivity contribution in [2.75, 3.05) is 0 Å². The first kappa shape index (κ1) is 20.5. The zero-order valence-electron chi connectivity index (χ0n) is 14.6. The lowest BCUT2D eigenvalue weighted by Crippen LogP contribution is -2.05. The van der Waals surface area contributed by atoms with Crippen LogP contribution >= 0.6 is 0 Å². The molecule has 2 heteroatoms. The highest BCUT2D eigenvalue weighted by atomic mass is 16.5. The van der Waals surface area contributed by atoms with Gasteiger partial charge in [-0.3, -0.25) is 4.79 Å². The summed E-state index contributed by atoms with van der Waals surface area (Å²) in [6.45, 7) is 4.81. The first-order valence-corrected chi connectivity index (χ1v) is 9.40. The third-order valence-electron chi connectivity index (χ3n) is 4.25. The number of hydrogen-bond acceptors (Lipinski definition) is 2. The highest BCUT2D eigenvalue weighted by molar-refractivity contribution is 5.37. The normalized spacial score (nSPS) is 12.3. The molecule has 2 nitrogen and oxygen atoms in total. The molecule has 126 valence electrons. The average Bonchev–Trinajstić information content (AvgIpc) is 2.48. The minimum Gasteiger partial charge on any atom is -0.465 e. The molecule has 0 aliphatic carbocycles. The van der Waals surface area contributed by atoms with Crippen LogP contribution in [0, 0.1) is 0 Å². The van der Waals surface area contributed by atoms with Gasteiger partial charge in [-0.2, -0.15) is 0 Å². The number of ether oxygens (including phenoxy) is 1. The number of unbranched alkanes of at least 4 members (excludes halogenated alkanes) is 13. The van der Waals surface area contributed by atoms with Gasteiger partial charge in [0.1, 0.15) is 0 Å². The molecule has 0 fully saturated rings. The van der Waals surface area contributed by atoms with Crippen molar-refractivity contribution in [1.29, 1.82) is 0 Å². The Morgan fingerprint density at radius 3 is 1.48 bits per heavy atom. The summed E-state index contributed by atoms with van der Waals surface area (Å²) >= 11 is 0. The van der Waals surface area contributed by atoms with Crippen LogP contribution in [0.3, 0.4) is 0 Å². The fourth-order valence-electron chi connectivity index (χ4n) is 2.79. The van der Waals surface area contributed by atoms with Crippen LogP contribution in [0.4, 0.5) is 0 Å². The fourth-order valence-corrected chi connectivity index (χ4v) is 2.79. The lowest BCUT2D eigenvalue weighted by atomic mass is 10.0. The maximum Gasteiger partial charge on any atom is 0.293 e. The van der Waals surface area contributed by atoms with E-state index >= 15 is 0 Å². The Labute approximate surface area is 133 Å². The van der Waals surface area contributed by atoms with Crippen LogP contribution in [-0.4, -0.2) is 12.6 Å². The predicted molar refractivity (Wildman–Crippen MR) is 91.5 cm³/mol. The maximum absolute atomic E-state index is 10.1. The van der Waals surface area contributed by atoms with Gasteiger partial charge in [-0.05, 0) is 19.8 Å². The minimum absolute atomic E-state index is 0.0971. The molecule has 21 heavy (non-hydrogen) atoms. The average molecular weight is 299 g/mol. The first-order chi connectivity index (χ1) is 10.3. The van der Waals surface area contributed by atoms with Crippen LogP contribution in [0.25, 0.3) is 0 Å². The van der Waals surface area contributed by atoms with Crippen LogP contribution < -0.4 is 0 Å². The minimum atomic E-state index is 0.0971. The van der Waals surface area contributed by atoms with Gasteiger partial charge in [0, 0.05) is 0 Å². The van der Waals surface area contributed by atoms with Crippen molar-refractivity contribution in [3.63, 3.8) is 0 Å². The molecule has 0 aromatic carbocycles. The lowest BCUT2D eigenvalue weighted by Gasteiger charge is -2.08. The molecule has 0 radical (unpaired) electrons. The van der Waals surface area contributed by atoms with Gasteiger partial charge in [-0.15, -0.1) is 0 Å². The summed E-state index contributed by atoms with van der Waals surface area (Å²) in [5, 5.41) is 0. The van der Waals surface area contributed by atoms with E-state index < -0.39 is 0 Å².